The third-order valence-electron chi connectivity index (χ3n) is 6.01. The summed E-state index contributed by atoms with van der Waals surface area (Å²) in [6.07, 6.45) is 3.57. The molecule has 38 heavy (non-hydrogen) atoms. The Morgan fingerprint density at radius 3 is 2.45 bits per heavy atom. The van der Waals surface area contributed by atoms with Gasteiger partial charge in [-0.1, -0.05) is 30.3 Å². The van der Waals surface area contributed by atoms with Crippen LogP contribution in [0.25, 0.3) is 27.3 Å². The number of fused-ring (bicyclic) bond motifs is 2. The molecule has 202 valence electrons. The molecule has 1 saturated heterocycles. The minimum atomic E-state index is -0.300. The zero-order valence-electron chi connectivity index (χ0n) is 20.1. The summed E-state index contributed by atoms with van der Waals surface area (Å²) >= 11 is 1.64. The van der Waals surface area contributed by atoms with E-state index in [2.05, 4.69) is 41.5 Å². The number of aromatic nitrogens is 4. The van der Waals surface area contributed by atoms with E-state index >= 15 is 0 Å². The number of nitrogens with zero attached hydrogens (tertiary/aromatic N) is 5. The number of rotatable bonds is 5. The molecule has 5 aromatic rings. The van der Waals surface area contributed by atoms with Gasteiger partial charge in [-0.15, -0.1) is 61.0 Å². The largest absolute Gasteiger partial charge is 0.320 e. The lowest BCUT2D eigenvalue weighted by Crippen LogP contribution is -2.43. The molecular formula is C25H27Cl4N7OS. The second kappa shape index (κ2) is 14.0. The number of halogens is 4. The molecule has 0 bridgehead atoms. The smallest absolute Gasteiger partial charge is 0.275 e. The zero-order chi connectivity index (χ0) is 22.9. The standard InChI is InChI=1S/C25H23N7OS.4ClH/c33-24(22-13-27-20-7-3-4-8-21(20)28-22)29-19-6-2-1-5-18(19)23-15-32-17(16-34-25(32)30-23)14-31-11-9-26-10-12-31;;;;/h1-8,13,15-16,26H,9-12,14H2,(H,29,33);4*1H. The first-order valence-corrected chi connectivity index (χ1v) is 12.1. The monoisotopic (exact) mass is 613 g/mol. The van der Waals surface area contributed by atoms with E-state index in [0.29, 0.717) is 11.2 Å². The Labute approximate surface area is 248 Å². The van der Waals surface area contributed by atoms with Crippen LogP contribution in [0.2, 0.25) is 0 Å². The van der Waals surface area contributed by atoms with Crippen molar-refractivity contribution in [2.75, 3.05) is 31.5 Å². The number of benzene rings is 2. The van der Waals surface area contributed by atoms with Crippen LogP contribution < -0.4 is 10.6 Å². The first-order valence-electron chi connectivity index (χ1n) is 11.3. The van der Waals surface area contributed by atoms with Crippen LogP contribution >= 0.6 is 61.0 Å². The fourth-order valence-electron chi connectivity index (χ4n) is 4.24. The summed E-state index contributed by atoms with van der Waals surface area (Å²) in [7, 11) is 0. The number of thiazole rings is 1. The fraction of sp³-hybridized carbons (Fsp3) is 0.200. The van der Waals surface area contributed by atoms with Crippen molar-refractivity contribution in [1.82, 2.24) is 29.6 Å². The Bertz CT molecular complexity index is 1500. The number of amides is 1. The van der Waals surface area contributed by atoms with Gasteiger partial charge >= 0.3 is 0 Å². The summed E-state index contributed by atoms with van der Waals surface area (Å²) in [5, 5.41) is 8.58. The topological polar surface area (TPSA) is 87.5 Å². The van der Waals surface area contributed by atoms with E-state index in [0.717, 1.165) is 54.5 Å². The maximum absolute atomic E-state index is 13.0. The van der Waals surface area contributed by atoms with Crippen LogP contribution in [0.1, 0.15) is 16.2 Å². The molecule has 1 fully saturated rings. The van der Waals surface area contributed by atoms with Crippen LogP contribution in [0.15, 0.2) is 66.3 Å². The van der Waals surface area contributed by atoms with Gasteiger partial charge in [-0.3, -0.25) is 19.1 Å². The predicted octanol–water partition coefficient (Wildman–Crippen LogP) is 5.35. The van der Waals surface area contributed by atoms with Crippen LogP contribution in [-0.2, 0) is 6.54 Å². The van der Waals surface area contributed by atoms with Crippen molar-refractivity contribution in [2.45, 2.75) is 6.54 Å². The number of nitrogens with one attached hydrogen (secondary N) is 2. The van der Waals surface area contributed by atoms with Gasteiger partial charge in [-0.2, -0.15) is 0 Å². The highest BCUT2D eigenvalue weighted by molar-refractivity contribution is 7.15. The van der Waals surface area contributed by atoms with E-state index in [1.807, 2.05) is 48.5 Å². The molecule has 8 nitrogen and oxygen atoms in total. The molecule has 0 spiro atoms. The first-order chi connectivity index (χ1) is 16.7. The van der Waals surface area contributed by atoms with Crippen LogP contribution in [0.3, 0.4) is 0 Å². The number of carbonyl (C=O) groups is 1. The van der Waals surface area contributed by atoms with Gasteiger partial charge in [0.25, 0.3) is 5.91 Å². The lowest BCUT2D eigenvalue weighted by Gasteiger charge is -2.26. The summed E-state index contributed by atoms with van der Waals surface area (Å²) in [5.41, 5.74) is 5.34. The molecule has 13 heteroatoms. The van der Waals surface area contributed by atoms with Crippen molar-refractivity contribution >= 4 is 88.6 Å². The second-order valence-electron chi connectivity index (χ2n) is 8.28. The molecule has 1 amide bonds. The Balaban J connectivity index is 0.00000127. The van der Waals surface area contributed by atoms with Crippen LogP contribution in [0.5, 0.6) is 0 Å². The average molecular weight is 615 g/mol. The quantitative estimate of drug-likeness (QED) is 0.277. The predicted molar refractivity (Wildman–Crippen MR) is 163 cm³/mol. The van der Waals surface area contributed by atoms with E-state index in [9.17, 15) is 4.79 Å². The SMILES string of the molecule is Cl.Cl.Cl.Cl.O=C(Nc1ccccc1-c1cn2c(CN3CCNCC3)csc2n1)c1cnc2ccccc2n1. The third-order valence-corrected chi connectivity index (χ3v) is 6.90. The summed E-state index contributed by atoms with van der Waals surface area (Å²) < 4.78 is 2.16. The maximum Gasteiger partial charge on any atom is 0.275 e. The lowest BCUT2D eigenvalue weighted by atomic mass is 10.1. The number of hydrogen-bond acceptors (Lipinski definition) is 7. The van der Waals surface area contributed by atoms with Crippen molar-refractivity contribution < 1.29 is 4.79 Å². The van der Waals surface area contributed by atoms with Crippen molar-refractivity contribution in [3.05, 3.63) is 77.7 Å². The van der Waals surface area contributed by atoms with Gasteiger partial charge in [0.2, 0.25) is 0 Å². The van der Waals surface area contributed by atoms with Gasteiger partial charge in [0.15, 0.2) is 4.96 Å². The number of hydrogen-bond donors (Lipinski definition) is 2. The Kier molecular flexibility index (Phi) is 11.7. The highest BCUT2D eigenvalue weighted by atomic mass is 35.5. The zero-order valence-corrected chi connectivity index (χ0v) is 24.2. The van der Waals surface area contributed by atoms with Gasteiger partial charge in [0.1, 0.15) is 5.69 Å². The van der Waals surface area contributed by atoms with Crippen molar-refractivity contribution in [1.29, 1.82) is 0 Å². The Hall–Kier alpha value is -2.50. The first kappa shape index (κ1) is 31.7. The number of para-hydroxylation sites is 3. The minimum absolute atomic E-state index is 0. The fourth-order valence-corrected chi connectivity index (χ4v) is 5.10. The molecule has 1 aliphatic heterocycles. The number of piperazine rings is 1. The molecule has 1 aliphatic rings. The van der Waals surface area contributed by atoms with Gasteiger partial charge in [-0.05, 0) is 18.2 Å². The third kappa shape index (κ3) is 6.55. The molecule has 4 heterocycles. The molecule has 3 aromatic heterocycles. The normalized spacial score (nSPS) is 13.1. The molecular weight excluding hydrogens is 588 g/mol. The lowest BCUT2D eigenvalue weighted by molar-refractivity contribution is 0.102. The number of anilines is 1. The average Bonchev–Trinajstić information content (AvgIpc) is 3.46. The minimum Gasteiger partial charge on any atom is -0.320 e. The van der Waals surface area contributed by atoms with E-state index < -0.39 is 0 Å². The van der Waals surface area contributed by atoms with Crippen LogP contribution in [0.4, 0.5) is 5.69 Å². The molecule has 0 aliphatic carbocycles. The van der Waals surface area contributed by atoms with Gasteiger partial charge < -0.3 is 10.6 Å². The van der Waals surface area contributed by atoms with Crippen molar-refractivity contribution in [2.24, 2.45) is 0 Å². The molecule has 0 atom stereocenters. The van der Waals surface area contributed by atoms with E-state index in [1.54, 1.807) is 11.3 Å². The Morgan fingerprint density at radius 2 is 1.66 bits per heavy atom. The van der Waals surface area contributed by atoms with E-state index in [4.69, 9.17) is 4.98 Å². The molecule has 2 aromatic carbocycles. The summed E-state index contributed by atoms with van der Waals surface area (Å²) in [6.45, 7) is 5.04. The van der Waals surface area contributed by atoms with Gasteiger partial charge in [-0.25, -0.2) is 9.97 Å². The molecule has 6 rings (SSSR count). The number of carbonyl (C=O) groups excluding carboxylic acids is 1. The highest BCUT2D eigenvalue weighted by Crippen LogP contribution is 2.30. The summed E-state index contributed by atoms with van der Waals surface area (Å²) in [4.78, 5) is 30.1. The Morgan fingerprint density at radius 1 is 0.947 bits per heavy atom. The molecule has 2 N–H and O–H groups in total. The van der Waals surface area contributed by atoms with Crippen LogP contribution in [-0.4, -0.2) is 56.3 Å². The van der Waals surface area contributed by atoms with E-state index in [1.165, 1.54) is 11.9 Å². The summed E-state index contributed by atoms with van der Waals surface area (Å²) in [5.74, 6) is -0.300. The van der Waals surface area contributed by atoms with E-state index in [-0.39, 0.29) is 61.2 Å². The molecule has 0 saturated carbocycles. The van der Waals surface area contributed by atoms with Crippen molar-refractivity contribution in [3.63, 3.8) is 0 Å². The summed E-state index contributed by atoms with van der Waals surface area (Å²) in [6, 6.07) is 15.2. The molecule has 0 radical (unpaired) electrons. The van der Waals surface area contributed by atoms with Crippen molar-refractivity contribution in [3.8, 4) is 11.3 Å². The maximum atomic E-state index is 13.0. The van der Waals surface area contributed by atoms with Crippen LogP contribution in [0, 0.1) is 0 Å². The van der Waals surface area contributed by atoms with Gasteiger partial charge in [0.05, 0.1) is 28.6 Å². The second-order valence-corrected chi connectivity index (χ2v) is 9.11. The van der Waals surface area contributed by atoms with Gasteiger partial charge in [0, 0.05) is 55.6 Å². The number of imidazole rings is 1. The molecule has 0 unspecified atom stereocenters. The highest BCUT2D eigenvalue weighted by Gasteiger charge is 2.17.